The van der Waals surface area contributed by atoms with Crippen molar-refractivity contribution >= 4 is 23.5 Å². The second-order valence-corrected chi connectivity index (χ2v) is 3.99. The van der Waals surface area contributed by atoms with Gasteiger partial charge in [0.25, 0.3) is 5.91 Å². The zero-order chi connectivity index (χ0) is 15.3. The van der Waals surface area contributed by atoms with E-state index in [1.54, 1.807) is 0 Å². The first-order valence-corrected chi connectivity index (χ1v) is 5.60. The number of rotatable bonds is 6. The number of amides is 2. The number of aliphatic carboxylic acids is 1. The molecule has 0 saturated carbocycles. The molecule has 0 aliphatic rings. The highest BCUT2D eigenvalue weighted by Crippen LogP contribution is 2.19. The van der Waals surface area contributed by atoms with Crippen LogP contribution in [0, 0.1) is 0 Å². The Labute approximate surface area is 114 Å². The highest BCUT2D eigenvalue weighted by Gasteiger charge is 2.23. The minimum absolute atomic E-state index is 0.0847. The first kappa shape index (κ1) is 15.3. The number of carbonyl (C=O) groups excluding carboxylic acids is 2. The number of carboxylic acids is 1. The molecule has 108 valence electrons. The fourth-order valence-electron chi connectivity index (χ4n) is 1.51. The number of carboxylic acid groups (broad SMARTS) is 1. The van der Waals surface area contributed by atoms with E-state index >= 15 is 0 Å². The second kappa shape index (κ2) is 6.41. The van der Waals surface area contributed by atoms with Gasteiger partial charge in [0.05, 0.1) is 19.1 Å². The van der Waals surface area contributed by atoms with Crippen molar-refractivity contribution in [3.8, 4) is 5.75 Å². The number of benzene rings is 1. The van der Waals surface area contributed by atoms with Crippen molar-refractivity contribution in [2.75, 3.05) is 12.8 Å². The molecule has 1 aromatic rings. The lowest BCUT2D eigenvalue weighted by Crippen LogP contribution is -2.43. The van der Waals surface area contributed by atoms with Crippen LogP contribution < -0.4 is 21.5 Å². The molecular formula is C12H15N3O5. The van der Waals surface area contributed by atoms with Gasteiger partial charge in [0.15, 0.2) is 0 Å². The quantitative estimate of drug-likeness (QED) is 0.509. The molecule has 1 aromatic carbocycles. The van der Waals surface area contributed by atoms with Gasteiger partial charge in [-0.3, -0.25) is 9.59 Å². The molecule has 0 saturated heterocycles. The molecular weight excluding hydrogens is 266 g/mol. The Morgan fingerprint density at radius 1 is 1.40 bits per heavy atom. The Bertz CT molecular complexity index is 544. The smallest absolute Gasteiger partial charge is 0.326 e. The molecule has 8 nitrogen and oxygen atoms in total. The first-order valence-electron chi connectivity index (χ1n) is 5.60. The summed E-state index contributed by atoms with van der Waals surface area (Å²) in [4.78, 5) is 33.6. The average molecular weight is 281 g/mol. The van der Waals surface area contributed by atoms with Crippen LogP contribution in [0.2, 0.25) is 0 Å². The maximum atomic E-state index is 11.9. The molecule has 20 heavy (non-hydrogen) atoms. The Morgan fingerprint density at radius 2 is 2.05 bits per heavy atom. The topological polar surface area (TPSA) is 145 Å². The van der Waals surface area contributed by atoms with Crippen LogP contribution in [0.1, 0.15) is 16.8 Å². The Morgan fingerprint density at radius 3 is 2.50 bits per heavy atom. The summed E-state index contributed by atoms with van der Waals surface area (Å²) in [5.74, 6) is -2.44. The van der Waals surface area contributed by atoms with Crippen LogP contribution in [0.25, 0.3) is 0 Å². The predicted octanol–water partition coefficient (Wildman–Crippen LogP) is -0.664. The molecule has 2 amide bonds. The van der Waals surface area contributed by atoms with Crippen LogP contribution in [0.3, 0.4) is 0 Å². The SMILES string of the molecule is COc1ccc(C(=O)NC(CC(N)=O)C(=O)O)c(N)c1. The molecule has 0 radical (unpaired) electrons. The van der Waals surface area contributed by atoms with E-state index in [2.05, 4.69) is 5.32 Å². The zero-order valence-corrected chi connectivity index (χ0v) is 10.8. The lowest BCUT2D eigenvalue weighted by atomic mass is 10.1. The van der Waals surface area contributed by atoms with Gasteiger partial charge in [-0.25, -0.2) is 4.79 Å². The number of nitrogens with two attached hydrogens (primary N) is 2. The molecule has 0 aromatic heterocycles. The van der Waals surface area contributed by atoms with Crippen molar-refractivity contribution < 1.29 is 24.2 Å². The largest absolute Gasteiger partial charge is 0.497 e. The van der Waals surface area contributed by atoms with Crippen molar-refractivity contribution in [2.45, 2.75) is 12.5 Å². The van der Waals surface area contributed by atoms with E-state index in [1.807, 2.05) is 0 Å². The van der Waals surface area contributed by atoms with Gasteiger partial charge in [-0.1, -0.05) is 0 Å². The highest BCUT2D eigenvalue weighted by molar-refractivity contribution is 6.01. The Hall–Kier alpha value is -2.77. The lowest BCUT2D eigenvalue weighted by molar-refractivity contribution is -0.140. The molecule has 0 aliphatic heterocycles. The molecule has 1 unspecified atom stereocenters. The third-order valence-electron chi connectivity index (χ3n) is 2.51. The third-order valence-corrected chi connectivity index (χ3v) is 2.51. The number of hydrogen-bond acceptors (Lipinski definition) is 5. The van der Waals surface area contributed by atoms with Crippen LogP contribution in [-0.4, -0.2) is 36.0 Å². The fraction of sp³-hybridized carbons (Fsp3) is 0.250. The van der Waals surface area contributed by atoms with Crippen LogP contribution >= 0.6 is 0 Å². The molecule has 0 fully saturated rings. The number of nitrogens with one attached hydrogen (secondary N) is 1. The van der Waals surface area contributed by atoms with Crippen LogP contribution in [0.15, 0.2) is 18.2 Å². The van der Waals surface area contributed by atoms with Gasteiger partial charge in [0, 0.05) is 11.8 Å². The van der Waals surface area contributed by atoms with Crippen LogP contribution in [-0.2, 0) is 9.59 Å². The van der Waals surface area contributed by atoms with Crippen molar-refractivity contribution in [3.05, 3.63) is 23.8 Å². The summed E-state index contributed by atoms with van der Waals surface area (Å²) >= 11 is 0. The number of carbonyl (C=O) groups is 3. The number of ether oxygens (including phenoxy) is 1. The minimum atomic E-state index is -1.40. The third kappa shape index (κ3) is 3.87. The van der Waals surface area contributed by atoms with Crippen LogP contribution in [0.5, 0.6) is 5.75 Å². The molecule has 1 rings (SSSR count). The first-order chi connectivity index (χ1) is 9.35. The number of primary amides is 1. The number of methoxy groups -OCH3 is 1. The van der Waals surface area contributed by atoms with E-state index in [4.69, 9.17) is 21.3 Å². The van der Waals surface area contributed by atoms with Gasteiger partial charge < -0.3 is 26.6 Å². The van der Waals surface area contributed by atoms with Gasteiger partial charge in [-0.15, -0.1) is 0 Å². The molecule has 0 bridgehead atoms. The number of anilines is 1. The van der Waals surface area contributed by atoms with Crippen molar-refractivity contribution in [3.63, 3.8) is 0 Å². The van der Waals surface area contributed by atoms with E-state index in [9.17, 15) is 14.4 Å². The normalized spacial score (nSPS) is 11.4. The van der Waals surface area contributed by atoms with E-state index in [-0.39, 0.29) is 11.3 Å². The highest BCUT2D eigenvalue weighted by atomic mass is 16.5. The van der Waals surface area contributed by atoms with Gasteiger partial charge in [0.2, 0.25) is 5.91 Å². The minimum Gasteiger partial charge on any atom is -0.497 e. The molecule has 0 aliphatic carbocycles. The van der Waals surface area contributed by atoms with Gasteiger partial charge in [-0.05, 0) is 12.1 Å². The second-order valence-electron chi connectivity index (χ2n) is 3.99. The van der Waals surface area contributed by atoms with Crippen LogP contribution in [0.4, 0.5) is 5.69 Å². The molecule has 0 spiro atoms. The summed E-state index contributed by atoms with van der Waals surface area (Å²) in [7, 11) is 1.45. The molecule has 1 atom stereocenters. The molecule has 0 heterocycles. The fourth-order valence-corrected chi connectivity index (χ4v) is 1.51. The van der Waals surface area contributed by atoms with Gasteiger partial charge >= 0.3 is 5.97 Å². The maximum Gasteiger partial charge on any atom is 0.326 e. The Kier molecular flexibility index (Phi) is 4.90. The molecule has 6 N–H and O–H groups in total. The van der Waals surface area contributed by atoms with E-state index < -0.39 is 30.2 Å². The molecule has 8 heteroatoms. The van der Waals surface area contributed by atoms with Gasteiger partial charge in [-0.2, -0.15) is 0 Å². The monoisotopic (exact) mass is 281 g/mol. The lowest BCUT2D eigenvalue weighted by Gasteiger charge is -2.14. The zero-order valence-electron chi connectivity index (χ0n) is 10.8. The number of nitrogen functional groups attached to an aromatic ring is 1. The summed E-state index contributed by atoms with van der Waals surface area (Å²) < 4.78 is 4.93. The average Bonchev–Trinajstić information content (AvgIpc) is 2.36. The van der Waals surface area contributed by atoms with E-state index in [0.717, 1.165) is 0 Å². The summed E-state index contributed by atoms with van der Waals surface area (Å²) in [6.45, 7) is 0. The Balaban J connectivity index is 2.89. The van der Waals surface area contributed by atoms with E-state index in [0.29, 0.717) is 5.75 Å². The van der Waals surface area contributed by atoms with Gasteiger partial charge in [0.1, 0.15) is 11.8 Å². The standard InChI is InChI=1S/C12H15N3O5/c1-20-6-2-3-7(8(13)4-6)11(17)15-9(12(18)19)5-10(14)16/h2-4,9H,5,13H2,1H3,(H2,14,16)(H,15,17)(H,18,19). The summed E-state index contributed by atoms with van der Waals surface area (Å²) in [5, 5.41) is 11.1. The summed E-state index contributed by atoms with van der Waals surface area (Å²) in [5.41, 5.74) is 10.8. The van der Waals surface area contributed by atoms with Crippen molar-refractivity contribution in [1.29, 1.82) is 0 Å². The summed E-state index contributed by atoms with van der Waals surface area (Å²) in [6.07, 6.45) is -0.503. The summed E-state index contributed by atoms with van der Waals surface area (Å²) in [6, 6.07) is 2.93. The van der Waals surface area contributed by atoms with Crippen molar-refractivity contribution in [2.24, 2.45) is 5.73 Å². The number of hydrogen-bond donors (Lipinski definition) is 4. The maximum absolute atomic E-state index is 11.9. The van der Waals surface area contributed by atoms with Crippen molar-refractivity contribution in [1.82, 2.24) is 5.32 Å². The van der Waals surface area contributed by atoms with E-state index in [1.165, 1.54) is 25.3 Å². The predicted molar refractivity (Wildman–Crippen MR) is 70.1 cm³/mol.